The molecule has 1 aromatic heterocycles. The molecule has 0 atom stereocenters. The Kier molecular flexibility index (Phi) is 6.36. The second-order valence-electron chi connectivity index (χ2n) is 6.03. The van der Waals surface area contributed by atoms with Crippen molar-refractivity contribution in [2.24, 2.45) is 5.10 Å². The number of amides is 1. The molecule has 8 nitrogen and oxygen atoms in total. The Bertz CT molecular complexity index is 1030. The van der Waals surface area contributed by atoms with E-state index in [4.69, 9.17) is 9.47 Å². The van der Waals surface area contributed by atoms with Crippen molar-refractivity contribution in [3.8, 4) is 11.5 Å². The highest BCUT2D eigenvalue weighted by atomic mass is 16.6. The third-order valence-corrected chi connectivity index (χ3v) is 3.80. The monoisotopic (exact) mass is 392 g/mol. The molecule has 0 spiro atoms. The second-order valence-corrected chi connectivity index (χ2v) is 6.03. The van der Waals surface area contributed by atoms with E-state index in [2.05, 4.69) is 20.7 Å². The first-order chi connectivity index (χ1) is 14.1. The molecule has 1 amide bonds. The molecule has 148 valence electrons. The van der Waals surface area contributed by atoms with Gasteiger partial charge in [-0.25, -0.2) is 10.2 Å². The highest BCUT2D eigenvalue weighted by Crippen LogP contribution is 2.28. The summed E-state index contributed by atoms with van der Waals surface area (Å²) in [5.41, 5.74) is 4.53. The van der Waals surface area contributed by atoms with Crippen molar-refractivity contribution >= 4 is 18.1 Å². The van der Waals surface area contributed by atoms with E-state index < -0.39 is 11.9 Å². The largest absolute Gasteiger partial charge is 0.490 e. The number of rotatable bonds is 7. The van der Waals surface area contributed by atoms with Gasteiger partial charge in [-0.2, -0.15) is 10.2 Å². The topological polar surface area (TPSA) is 106 Å². The number of hydrazone groups is 1. The van der Waals surface area contributed by atoms with Gasteiger partial charge in [0, 0.05) is 5.69 Å². The number of benzene rings is 2. The highest BCUT2D eigenvalue weighted by Gasteiger charge is 2.13. The zero-order valence-corrected chi connectivity index (χ0v) is 16.0. The number of esters is 1. The van der Waals surface area contributed by atoms with Crippen LogP contribution >= 0.6 is 0 Å². The van der Waals surface area contributed by atoms with Crippen LogP contribution < -0.4 is 14.9 Å². The van der Waals surface area contributed by atoms with Crippen molar-refractivity contribution in [3.05, 3.63) is 77.1 Å². The van der Waals surface area contributed by atoms with Gasteiger partial charge in [-0.3, -0.25) is 9.89 Å². The summed E-state index contributed by atoms with van der Waals surface area (Å²) in [5.74, 6) is -0.206. The Balaban J connectivity index is 1.70. The number of aryl methyl sites for hydroxylation is 1. The maximum Gasteiger partial charge on any atom is 0.343 e. The van der Waals surface area contributed by atoms with Gasteiger partial charge in [-0.1, -0.05) is 18.2 Å². The van der Waals surface area contributed by atoms with Crippen molar-refractivity contribution in [3.63, 3.8) is 0 Å². The van der Waals surface area contributed by atoms with Crippen LogP contribution in [-0.2, 0) is 0 Å². The van der Waals surface area contributed by atoms with Crippen LogP contribution in [0.2, 0.25) is 0 Å². The number of nitrogens with one attached hydrogen (secondary N) is 2. The van der Waals surface area contributed by atoms with Crippen molar-refractivity contribution in [2.75, 3.05) is 6.61 Å². The molecular formula is C21H20N4O4. The third kappa shape index (κ3) is 5.29. The lowest BCUT2D eigenvalue weighted by molar-refractivity contribution is 0.0728. The second kappa shape index (κ2) is 9.32. The molecule has 29 heavy (non-hydrogen) atoms. The number of hydrogen-bond donors (Lipinski definition) is 2. The Labute approximate surface area is 167 Å². The maximum absolute atomic E-state index is 12.3. The fourth-order valence-electron chi connectivity index (χ4n) is 2.45. The van der Waals surface area contributed by atoms with Crippen LogP contribution in [0.1, 0.15) is 39.0 Å². The normalized spacial score (nSPS) is 10.7. The zero-order chi connectivity index (χ0) is 20.6. The summed E-state index contributed by atoms with van der Waals surface area (Å²) in [6, 6.07) is 15.3. The van der Waals surface area contributed by atoms with E-state index in [1.807, 2.05) is 13.0 Å². The Morgan fingerprint density at radius 2 is 1.93 bits per heavy atom. The van der Waals surface area contributed by atoms with E-state index in [0.717, 1.165) is 5.69 Å². The number of aromatic amines is 1. The summed E-state index contributed by atoms with van der Waals surface area (Å²) < 4.78 is 11.0. The first-order valence-corrected chi connectivity index (χ1v) is 8.96. The molecule has 8 heteroatoms. The third-order valence-electron chi connectivity index (χ3n) is 3.80. The quantitative estimate of drug-likeness (QED) is 0.278. The molecule has 3 aromatic rings. The van der Waals surface area contributed by atoms with E-state index in [1.54, 1.807) is 55.5 Å². The van der Waals surface area contributed by atoms with Crippen molar-refractivity contribution in [2.45, 2.75) is 13.8 Å². The number of H-pyrrole nitrogens is 1. The number of carbonyl (C=O) groups is 2. The average molecular weight is 392 g/mol. The maximum atomic E-state index is 12.3. The minimum atomic E-state index is -0.477. The molecular weight excluding hydrogens is 372 g/mol. The smallest absolute Gasteiger partial charge is 0.343 e. The minimum Gasteiger partial charge on any atom is -0.490 e. The lowest BCUT2D eigenvalue weighted by Gasteiger charge is -2.11. The van der Waals surface area contributed by atoms with Gasteiger partial charge >= 0.3 is 5.97 Å². The van der Waals surface area contributed by atoms with Gasteiger partial charge in [0.25, 0.3) is 5.91 Å². The van der Waals surface area contributed by atoms with Gasteiger partial charge < -0.3 is 9.47 Å². The standard InChI is InChI=1S/C21H20N4O4/c1-3-28-19-12-15(13-22-25-20(26)17-11-14(2)23-24-17)9-10-18(19)29-21(27)16-7-5-4-6-8-16/h4-13H,3H2,1-2H3,(H,23,24)(H,25,26)/b22-13-. The lowest BCUT2D eigenvalue weighted by atomic mass is 10.2. The molecule has 2 N–H and O–H groups in total. The van der Waals surface area contributed by atoms with E-state index >= 15 is 0 Å². The first kappa shape index (κ1) is 19.8. The van der Waals surface area contributed by atoms with Crippen LogP contribution in [0.25, 0.3) is 0 Å². The van der Waals surface area contributed by atoms with E-state index in [9.17, 15) is 9.59 Å². The molecule has 0 aliphatic heterocycles. The van der Waals surface area contributed by atoms with Crippen LogP contribution in [0.5, 0.6) is 11.5 Å². The molecule has 0 radical (unpaired) electrons. The number of aromatic nitrogens is 2. The molecule has 2 aromatic carbocycles. The lowest BCUT2D eigenvalue weighted by Crippen LogP contribution is -2.18. The van der Waals surface area contributed by atoms with Gasteiger partial charge in [0.15, 0.2) is 17.2 Å². The molecule has 0 fully saturated rings. The van der Waals surface area contributed by atoms with Gasteiger partial charge in [-0.15, -0.1) is 0 Å². The van der Waals surface area contributed by atoms with Gasteiger partial charge in [0.05, 0.1) is 18.4 Å². The van der Waals surface area contributed by atoms with E-state index in [0.29, 0.717) is 29.2 Å². The number of nitrogens with zero attached hydrogens (tertiary/aromatic N) is 2. The van der Waals surface area contributed by atoms with Crippen molar-refractivity contribution in [1.29, 1.82) is 0 Å². The number of ether oxygens (including phenoxy) is 2. The first-order valence-electron chi connectivity index (χ1n) is 8.96. The van der Waals surface area contributed by atoms with Crippen molar-refractivity contribution in [1.82, 2.24) is 15.6 Å². The minimum absolute atomic E-state index is 0.248. The average Bonchev–Trinajstić information content (AvgIpc) is 3.17. The fraction of sp³-hybridized carbons (Fsp3) is 0.143. The molecule has 0 aliphatic carbocycles. The van der Waals surface area contributed by atoms with Crippen molar-refractivity contribution < 1.29 is 19.1 Å². The fourth-order valence-corrected chi connectivity index (χ4v) is 2.45. The Morgan fingerprint density at radius 3 is 2.62 bits per heavy atom. The van der Waals surface area contributed by atoms with Crippen LogP contribution in [-0.4, -0.2) is 34.9 Å². The van der Waals surface area contributed by atoms with E-state index in [-0.39, 0.29) is 5.69 Å². The van der Waals surface area contributed by atoms with Crippen LogP contribution in [0.15, 0.2) is 59.7 Å². The van der Waals surface area contributed by atoms with Gasteiger partial charge in [0.1, 0.15) is 0 Å². The van der Waals surface area contributed by atoms with Gasteiger partial charge in [0.2, 0.25) is 0 Å². The molecule has 0 aliphatic rings. The summed E-state index contributed by atoms with van der Waals surface area (Å²) in [7, 11) is 0. The molecule has 3 rings (SSSR count). The van der Waals surface area contributed by atoms with Crippen LogP contribution in [0.3, 0.4) is 0 Å². The number of carbonyl (C=O) groups excluding carboxylic acids is 2. The predicted molar refractivity (Wildman–Crippen MR) is 107 cm³/mol. The summed E-state index contributed by atoms with van der Waals surface area (Å²) in [5, 5.41) is 10.5. The van der Waals surface area contributed by atoms with Gasteiger partial charge in [-0.05, 0) is 55.8 Å². The number of hydrogen-bond acceptors (Lipinski definition) is 6. The van der Waals surface area contributed by atoms with Crippen LogP contribution in [0.4, 0.5) is 0 Å². The molecule has 0 unspecified atom stereocenters. The Hall–Kier alpha value is -3.94. The summed E-state index contributed by atoms with van der Waals surface area (Å²) in [6.07, 6.45) is 1.46. The summed E-state index contributed by atoms with van der Waals surface area (Å²) in [6.45, 7) is 4.02. The SMILES string of the molecule is CCOc1cc(/C=N\NC(=O)c2cc(C)[nH]n2)ccc1OC(=O)c1ccccc1. The summed E-state index contributed by atoms with van der Waals surface area (Å²) >= 11 is 0. The van der Waals surface area contributed by atoms with Crippen LogP contribution in [0, 0.1) is 6.92 Å². The highest BCUT2D eigenvalue weighted by molar-refractivity contribution is 5.93. The predicted octanol–water partition coefficient (Wildman–Crippen LogP) is 3.10. The Morgan fingerprint density at radius 1 is 1.14 bits per heavy atom. The van der Waals surface area contributed by atoms with E-state index in [1.165, 1.54) is 6.21 Å². The molecule has 1 heterocycles. The molecule has 0 saturated heterocycles. The zero-order valence-electron chi connectivity index (χ0n) is 16.0. The molecule has 0 saturated carbocycles. The summed E-state index contributed by atoms with van der Waals surface area (Å²) in [4.78, 5) is 24.2. The molecule has 0 bridgehead atoms.